The van der Waals surface area contributed by atoms with E-state index in [2.05, 4.69) is 21.7 Å². The van der Waals surface area contributed by atoms with Crippen LogP contribution in [0.3, 0.4) is 0 Å². The van der Waals surface area contributed by atoms with E-state index in [1.807, 2.05) is 12.1 Å². The Labute approximate surface area is 136 Å². The first-order valence-electron chi connectivity index (χ1n) is 6.53. The van der Waals surface area contributed by atoms with Crippen molar-refractivity contribution in [2.24, 2.45) is 5.16 Å². The van der Waals surface area contributed by atoms with Gasteiger partial charge in [-0.3, -0.25) is 0 Å². The summed E-state index contributed by atoms with van der Waals surface area (Å²) in [5, 5.41) is 22.8. The number of hydrogen-bond acceptors (Lipinski definition) is 6. The average Bonchev–Trinajstić information content (AvgIpc) is 2.86. The third-order valence-corrected chi connectivity index (χ3v) is 3.41. The van der Waals surface area contributed by atoms with Gasteiger partial charge in [-0.1, -0.05) is 35.5 Å². The van der Waals surface area contributed by atoms with Gasteiger partial charge in [-0.25, -0.2) is 9.97 Å². The van der Waals surface area contributed by atoms with Crippen LogP contribution >= 0.6 is 11.6 Å². The predicted molar refractivity (Wildman–Crippen MR) is 83.7 cm³/mol. The highest BCUT2D eigenvalue weighted by Crippen LogP contribution is 2.36. The van der Waals surface area contributed by atoms with E-state index in [1.165, 1.54) is 0 Å². The van der Waals surface area contributed by atoms with E-state index in [-0.39, 0.29) is 18.0 Å². The van der Waals surface area contributed by atoms with Crippen molar-refractivity contribution in [1.29, 1.82) is 10.5 Å². The maximum Gasteiger partial charge on any atom is 0.177 e. The second kappa shape index (κ2) is 5.88. The molecule has 2 aromatic rings. The minimum atomic E-state index is -0.0541. The average molecular weight is 322 g/mol. The van der Waals surface area contributed by atoms with Crippen molar-refractivity contribution in [3.63, 3.8) is 0 Å². The van der Waals surface area contributed by atoms with Crippen LogP contribution in [0.2, 0.25) is 5.02 Å². The van der Waals surface area contributed by atoms with Crippen LogP contribution < -0.4 is 0 Å². The van der Waals surface area contributed by atoms with E-state index in [9.17, 15) is 0 Å². The first-order valence-corrected chi connectivity index (χ1v) is 6.91. The van der Waals surface area contributed by atoms with Crippen molar-refractivity contribution in [2.75, 3.05) is 6.61 Å². The Hall–Kier alpha value is -3.22. The van der Waals surface area contributed by atoms with E-state index in [1.54, 1.807) is 24.3 Å². The van der Waals surface area contributed by atoms with Crippen LogP contribution in [0.4, 0.5) is 0 Å². The van der Waals surface area contributed by atoms with E-state index < -0.39 is 0 Å². The number of rotatable bonds is 3. The van der Waals surface area contributed by atoms with Crippen LogP contribution in [0.1, 0.15) is 22.6 Å². The summed E-state index contributed by atoms with van der Waals surface area (Å²) >= 11 is 6.05. The highest BCUT2D eigenvalue weighted by atomic mass is 35.5. The van der Waals surface area contributed by atoms with E-state index in [4.69, 9.17) is 27.0 Å². The minimum absolute atomic E-state index is 0.0366. The van der Waals surface area contributed by atoms with Gasteiger partial charge in [0.1, 0.15) is 35.8 Å². The molecule has 0 amide bonds. The van der Waals surface area contributed by atoms with Crippen molar-refractivity contribution in [2.45, 2.75) is 0 Å². The normalized spacial score (nSPS) is 12.9. The van der Waals surface area contributed by atoms with Gasteiger partial charge in [-0.15, -0.1) is 0 Å². The van der Waals surface area contributed by atoms with Gasteiger partial charge in [0.15, 0.2) is 11.4 Å². The van der Waals surface area contributed by atoms with Crippen LogP contribution in [-0.4, -0.2) is 22.3 Å². The molecule has 1 aromatic carbocycles. The third-order valence-electron chi connectivity index (χ3n) is 3.17. The summed E-state index contributed by atoms with van der Waals surface area (Å²) in [4.78, 5) is 13.6. The molecule has 0 radical (unpaired) electrons. The Morgan fingerprint density at radius 3 is 2.52 bits per heavy atom. The lowest BCUT2D eigenvalue weighted by Crippen LogP contribution is -2.06. The van der Waals surface area contributed by atoms with E-state index >= 15 is 0 Å². The number of fused-ring (bicyclic) bond motifs is 3. The lowest BCUT2D eigenvalue weighted by molar-refractivity contribution is 0.175. The number of nitriles is 2. The molecule has 0 aliphatic heterocycles. The minimum Gasteiger partial charge on any atom is -0.391 e. The van der Waals surface area contributed by atoms with Crippen LogP contribution in [0.15, 0.2) is 36.0 Å². The van der Waals surface area contributed by atoms with Gasteiger partial charge in [0.05, 0.1) is 0 Å². The van der Waals surface area contributed by atoms with Crippen LogP contribution in [0, 0.1) is 22.7 Å². The summed E-state index contributed by atoms with van der Waals surface area (Å²) < 4.78 is 0. The highest BCUT2D eigenvalue weighted by molar-refractivity contribution is 6.32. The molecule has 0 atom stereocenters. The van der Waals surface area contributed by atoms with Crippen LogP contribution in [-0.2, 0) is 4.84 Å². The second-order valence-corrected chi connectivity index (χ2v) is 4.99. The number of hydrogen-bond donors (Lipinski definition) is 0. The Kier molecular flexibility index (Phi) is 3.76. The number of oxime groups is 1. The molecule has 6 nitrogen and oxygen atoms in total. The molecule has 0 N–H and O–H groups in total. The monoisotopic (exact) mass is 321 g/mol. The molecule has 0 saturated heterocycles. The number of benzene rings is 1. The fraction of sp³-hybridized carbons (Fsp3) is 0.0625. The van der Waals surface area contributed by atoms with Gasteiger partial charge < -0.3 is 4.84 Å². The SMILES string of the molecule is C=CCO/N=C1\c2ccc(Cl)cc2-c2nc(C#N)c(C#N)nc21. The molecule has 1 aliphatic rings. The molecule has 0 unspecified atom stereocenters. The zero-order chi connectivity index (χ0) is 16.4. The first-order chi connectivity index (χ1) is 11.2. The maximum absolute atomic E-state index is 9.13. The molecule has 0 bridgehead atoms. The van der Waals surface area contributed by atoms with Gasteiger partial charge in [0, 0.05) is 16.1 Å². The summed E-state index contributed by atoms with van der Waals surface area (Å²) in [5.74, 6) is 0. The summed E-state index contributed by atoms with van der Waals surface area (Å²) in [7, 11) is 0. The molecule has 3 rings (SSSR count). The van der Waals surface area contributed by atoms with Crippen molar-refractivity contribution >= 4 is 17.3 Å². The topological polar surface area (TPSA) is 95.0 Å². The standard InChI is InChI=1S/C16H8ClN5O/c1-2-5-23-22-15-10-4-3-9(17)6-11(10)14-16(15)21-13(8-19)12(7-18)20-14/h2-4,6H,1,5H2/b22-15+. The van der Waals surface area contributed by atoms with Crippen molar-refractivity contribution < 1.29 is 4.84 Å². The van der Waals surface area contributed by atoms with Crippen molar-refractivity contribution in [3.05, 3.63) is 58.5 Å². The molecule has 1 aromatic heterocycles. The molecule has 23 heavy (non-hydrogen) atoms. The van der Waals surface area contributed by atoms with Gasteiger partial charge in [0.2, 0.25) is 0 Å². The molecule has 1 heterocycles. The molecule has 0 spiro atoms. The van der Waals surface area contributed by atoms with E-state index in [0.29, 0.717) is 27.7 Å². The predicted octanol–water partition coefficient (Wildman–Crippen LogP) is 2.81. The summed E-state index contributed by atoms with van der Waals surface area (Å²) in [5.41, 5.74) is 2.63. The van der Waals surface area contributed by atoms with Crippen LogP contribution in [0.5, 0.6) is 0 Å². The molecular weight excluding hydrogens is 314 g/mol. The fourth-order valence-corrected chi connectivity index (χ4v) is 2.41. The third kappa shape index (κ3) is 2.42. The Balaban J connectivity index is 2.27. The lowest BCUT2D eigenvalue weighted by atomic mass is 10.1. The van der Waals surface area contributed by atoms with Gasteiger partial charge >= 0.3 is 0 Å². The Morgan fingerprint density at radius 2 is 1.87 bits per heavy atom. The Bertz CT molecular complexity index is 937. The smallest absolute Gasteiger partial charge is 0.177 e. The summed E-state index contributed by atoms with van der Waals surface area (Å²) in [6.07, 6.45) is 1.56. The fourth-order valence-electron chi connectivity index (χ4n) is 2.24. The molecule has 7 heteroatoms. The Morgan fingerprint density at radius 1 is 1.17 bits per heavy atom. The number of halogens is 1. The van der Waals surface area contributed by atoms with Crippen molar-refractivity contribution in [1.82, 2.24) is 9.97 Å². The number of nitrogens with zero attached hydrogens (tertiary/aromatic N) is 5. The first kappa shape index (κ1) is 14.7. The zero-order valence-electron chi connectivity index (χ0n) is 11.7. The quantitative estimate of drug-likeness (QED) is 0.420. The largest absolute Gasteiger partial charge is 0.391 e. The molecule has 0 saturated carbocycles. The van der Waals surface area contributed by atoms with Gasteiger partial charge in [0.25, 0.3) is 0 Å². The van der Waals surface area contributed by atoms with E-state index in [0.717, 1.165) is 5.56 Å². The summed E-state index contributed by atoms with van der Waals surface area (Å²) in [6, 6.07) is 8.95. The summed E-state index contributed by atoms with van der Waals surface area (Å²) in [6.45, 7) is 3.79. The van der Waals surface area contributed by atoms with Crippen molar-refractivity contribution in [3.8, 4) is 23.4 Å². The van der Waals surface area contributed by atoms with Gasteiger partial charge in [-0.2, -0.15) is 10.5 Å². The molecular formula is C16H8ClN5O. The van der Waals surface area contributed by atoms with Crippen LogP contribution in [0.25, 0.3) is 11.3 Å². The number of aromatic nitrogens is 2. The lowest BCUT2D eigenvalue weighted by Gasteiger charge is -2.01. The maximum atomic E-state index is 9.13. The zero-order valence-corrected chi connectivity index (χ0v) is 12.5. The molecule has 0 fully saturated rings. The molecule has 110 valence electrons. The highest BCUT2D eigenvalue weighted by Gasteiger charge is 2.30. The molecule has 1 aliphatic carbocycles. The second-order valence-electron chi connectivity index (χ2n) is 4.56. The van der Waals surface area contributed by atoms with Gasteiger partial charge in [-0.05, 0) is 12.1 Å².